The lowest BCUT2D eigenvalue weighted by atomic mass is 10.0. The molecule has 1 aliphatic carbocycles. The molecule has 0 saturated carbocycles. The van der Waals surface area contributed by atoms with E-state index in [0.717, 1.165) is 37.6 Å². The Morgan fingerprint density at radius 2 is 1.88 bits per heavy atom. The van der Waals surface area contributed by atoms with Gasteiger partial charge in [-0.1, -0.05) is 0 Å². The molecule has 24 heavy (non-hydrogen) atoms. The fourth-order valence-corrected chi connectivity index (χ4v) is 3.16. The van der Waals surface area contributed by atoms with E-state index in [2.05, 4.69) is 24.4 Å². The van der Waals surface area contributed by atoms with Crippen molar-refractivity contribution in [2.24, 2.45) is 0 Å². The summed E-state index contributed by atoms with van der Waals surface area (Å²) in [7, 11) is -5.66. The molecule has 3 rings (SSSR count). The lowest BCUT2D eigenvalue weighted by Gasteiger charge is -2.31. The zero-order valence-electron chi connectivity index (χ0n) is 12.5. The number of hydrogen-bond acceptors (Lipinski definition) is 7. The Kier molecular flexibility index (Phi) is 4.38. The summed E-state index contributed by atoms with van der Waals surface area (Å²) >= 11 is 0. The number of allylic oxidation sites excluding steroid dienone is 1. The van der Waals surface area contributed by atoms with Gasteiger partial charge in [0.2, 0.25) is 0 Å². The summed E-state index contributed by atoms with van der Waals surface area (Å²) in [5.41, 5.74) is -4.28. The number of piperazine rings is 1. The highest BCUT2D eigenvalue weighted by atomic mass is 32.2. The van der Waals surface area contributed by atoms with Crippen molar-refractivity contribution in [2.45, 2.75) is 18.3 Å². The topological polar surface area (TPSA) is 84.4 Å². The minimum absolute atomic E-state index is 0.0365. The number of fused-ring (bicyclic) bond motifs is 1. The Balaban J connectivity index is 1.87. The van der Waals surface area contributed by atoms with Gasteiger partial charge < -0.3 is 14.4 Å². The van der Waals surface area contributed by atoms with Crippen molar-refractivity contribution >= 4 is 22.0 Å². The first-order chi connectivity index (χ1) is 11.3. The van der Waals surface area contributed by atoms with Crippen LogP contribution >= 0.6 is 0 Å². The molecule has 0 aromatic carbocycles. The lowest BCUT2D eigenvalue weighted by molar-refractivity contribution is -0.0522. The van der Waals surface area contributed by atoms with Crippen LogP contribution < -0.4 is 10.2 Å². The normalized spacial score (nSPS) is 18.8. The SMILES string of the molecule is O=S(=O)(OC1=Cc2ncnc(N3CCNCC3)c2CC1)C(F)(F)F. The van der Waals surface area contributed by atoms with Crippen LogP contribution in [0.15, 0.2) is 12.1 Å². The molecule has 0 radical (unpaired) electrons. The van der Waals surface area contributed by atoms with E-state index in [-0.39, 0.29) is 12.2 Å². The Morgan fingerprint density at radius 3 is 2.54 bits per heavy atom. The summed E-state index contributed by atoms with van der Waals surface area (Å²) in [6, 6.07) is 0. The average molecular weight is 364 g/mol. The number of nitrogens with zero attached hydrogens (tertiary/aromatic N) is 3. The third-order valence-electron chi connectivity index (χ3n) is 3.79. The number of anilines is 1. The van der Waals surface area contributed by atoms with Crippen LogP contribution in [0.3, 0.4) is 0 Å². The van der Waals surface area contributed by atoms with E-state index in [1.807, 2.05) is 0 Å². The molecule has 0 bridgehead atoms. The molecule has 1 aromatic heterocycles. The van der Waals surface area contributed by atoms with Gasteiger partial charge in [0.15, 0.2) is 0 Å². The monoisotopic (exact) mass is 364 g/mol. The van der Waals surface area contributed by atoms with Crippen LogP contribution in [0.1, 0.15) is 17.7 Å². The van der Waals surface area contributed by atoms with Gasteiger partial charge in [-0.15, -0.1) is 0 Å². The third kappa shape index (κ3) is 3.31. The van der Waals surface area contributed by atoms with E-state index in [1.54, 1.807) is 0 Å². The fourth-order valence-electron chi connectivity index (χ4n) is 2.66. The minimum atomic E-state index is -5.66. The molecule has 1 N–H and O–H groups in total. The molecule has 11 heteroatoms. The summed E-state index contributed by atoms with van der Waals surface area (Å²) in [5, 5.41) is 3.22. The molecule has 1 fully saturated rings. The summed E-state index contributed by atoms with van der Waals surface area (Å²) in [4.78, 5) is 10.4. The number of nitrogens with one attached hydrogen (secondary N) is 1. The molecule has 1 saturated heterocycles. The molecule has 1 aromatic rings. The smallest absolute Gasteiger partial charge is 0.380 e. The third-order valence-corrected chi connectivity index (χ3v) is 4.79. The van der Waals surface area contributed by atoms with Crippen molar-refractivity contribution in [1.29, 1.82) is 0 Å². The van der Waals surface area contributed by atoms with Gasteiger partial charge in [0.1, 0.15) is 17.9 Å². The number of hydrogen-bond donors (Lipinski definition) is 1. The maximum absolute atomic E-state index is 12.4. The van der Waals surface area contributed by atoms with E-state index in [9.17, 15) is 21.6 Å². The summed E-state index contributed by atoms with van der Waals surface area (Å²) < 4.78 is 63.7. The Labute approximate surface area is 136 Å². The van der Waals surface area contributed by atoms with Crippen molar-refractivity contribution in [3.63, 3.8) is 0 Å². The summed E-state index contributed by atoms with van der Waals surface area (Å²) in [6.45, 7) is 3.15. The second-order valence-corrected chi connectivity index (χ2v) is 6.93. The average Bonchev–Trinajstić information content (AvgIpc) is 2.53. The number of alkyl halides is 3. The van der Waals surface area contributed by atoms with Crippen LogP contribution in [0.2, 0.25) is 0 Å². The Bertz CT molecular complexity index is 758. The van der Waals surface area contributed by atoms with Crippen molar-refractivity contribution < 1.29 is 25.8 Å². The second-order valence-electron chi connectivity index (χ2n) is 5.39. The van der Waals surface area contributed by atoms with Crippen LogP contribution in [-0.4, -0.2) is 50.1 Å². The van der Waals surface area contributed by atoms with E-state index in [4.69, 9.17) is 0 Å². The lowest BCUT2D eigenvalue weighted by Crippen LogP contribution is -2.44. The summed E-state index contributed by atoms with van der Waals surface area (Å²) in [5.74, 6) is 0.459. The minimum Gasteiger partial charge on any atom is -0.380 e. The zero-order chi connectivity index (χ0) is 17.4. The zero-order valence-corrected chi connectivity index (χ0v) is 13.3. The maximum Gasteiger partial charge on any atom is 0.534 e. The van der Waals surface area contributed by atoms with Gasteiger partial charge in [0.05, 0.1) is 5.69 Å². The van der Waals surface area contributed by atoms with Crippen LogP contribution in [0.4, 0.5) is 19.0 Å². The standard InChI is InChI=1S/C13H15F3N4O3S/c14-13(15,16)24(21,22)23-9-1-2-10-11(7-9)18-8-19-12(10)20-5-3-17-4-6-20/h7-8,17H,1-6H2. The van der Waals surface area contributed by atoms with Gasteiger partial charge >= 0.3 is 15.6 Å². The molecule has 2 heterocycles. The van der Waals surface area contributed by atoms with E-state index in [1.165, 1.54) is 12.4 Å². The molecule has 0 spiro atoms. The predicted octanol–water partition coefficient (Wildman–Crippen LogP) is 1.04. The second kappa shape index (κ2) is 6.20. The Morgan fingerprint density at radius 1 is 1.17 bits per heavy atom. The van der Waals surface area contributed by atoms with Crippen molar-refractivity contribution in [3.8, 4) is 0 Å². The van der Waals surface area contributed by atoms with E-state index >= 15 is 0 Å². The van der Waals surface area contributed by atoms with Crippen molar-refractivity contribution in [1.82, 2.24) is 15.3 Å². The van der Waals surface area contributed by atoms with E-state index in [0.29, 0.717) is 12.1 Å². The highest BCUT2D eigenvalue weighted by molar-refractivity contribution is 7.87. The van der Waals surface area contributed by atoms with Gasteiger partial charge in [-0.3, -0.25) is 0 Å². The molecule has 0 atom stereocenters. The first-order valence-electron chi connectivity index (χ1n) is 7.29. The molecule has 1 aliphatic heterocycles. The van der Waals surface area contributed by atoms with Gasteiger partial charge in [0.25, 0.3) is 0 Å². The molecule has 132 valence electrons. The predicted molar refractivity (Wildman–Crippen MR) is 79.5 cm³/mol. The van der Waals surface area contributed by atoms with Crippen LogP contribution in [0.25, 0.3) is 6.08 Å². The molecule has 7 nitrogen and oxygen atoms in total. The first kappa shape index (κ1) is 17.0. The highest BCUT2D eigenvalue weighted by Gasteiger charge is 2.49. The van der Waals surface area contributed by atoms with Crippen LogP contribution in [-0.2, 0) is 20.7 Å². The van der Waals surface area contributed by atoms with Crippen molar-refractivity contribution in [2.75, 3.05) is 31.1 Å². The fraction of sp³-hybridized carbons (Fsp3) is 0.538. The maximum atomic E-state index is 12.4. The highest BCUT2D eigenvalue weighted by Crippen LogP contribution is 2.33. The molecule has 2 aliphatic rings. The summed E-state index contributed by atoms with van der Waals surface area (Å²) in [6.07, 6.45) is 2.90. The largest absolute Gasteiger partial charge is 0.534 e. The van der Waals surface area contributed by atoms with Gasteiger partial charge in [-0.2, -0.15) is 21.6 Å². The van der Waals surface area contributed by atoms with Crippen molar-refractivity contribution in [3.05, 3.63) is 23.3 Å². The van der Waals surface area contributed by atoms with Crippen LogP contribution in [0, 0.1) is 0 Å². The molecule has 0 amide bonds. The Hall–Kier alpha value is -1.88. The van der Waals surface area contributed by atoms with Gasteiger partial charge in [-0.05, 0) is 6.42 Å². The first-order valence-corrected chi connectivity index (χ1v) is 8.69. The number of aromatic nitrogens is 2. The molecular formula is C13H15F3N4O3S. The van der Waals surface area contributed by atoms with E-state index < -0.39 is 15.6 Å². The van der Waals surface area contributed by atoms with Gasteiger partial charge in [0, 0.05) is 44.2 Å². The molecular weight excluding hydrogens is 349 g/mol. The van der Waals surface area contributed by atoms with Crippen LogP contribution in [0.5, 0.6) is 0 Å². The van der Waals surface area contributed by atoms with Gasteiger partial charge in [-0.25, -0.2) is 9.97 Å². The number of rotatable bonds is 3. The number of halogens is 3. The molecule has 0 unspecified atom stereocenters. The quantitative estimate of drug-likeness (QED) is 0.634.